The van der Waals surface area contributed by atoms with Crippen molar-refractivity contribution in [2.45, 2.75) is 0 Å². The Kier molecular flexibility index (Phi) is 5.00. The average Bonchev–Trinajstić information content (AvgIpc) is 3.39. The first-order chi connectivity index (χ1) is 14.1. The fourth-order valence-electron chi connectivity index (χ4n) is 2.71. The summed E-state index contributed by atoms with van der Waals surface area (Å²) in [5.74, 6) is 1.10. The molecule has 0 radical (unpaired) electrons. The van der Waals surface area contributed by atoms with Crippen molar-refractivity contribution in [2.24, 2.45) is 0 Å². The predicted molar refractivity (Wildman–Crippen MR) is 107 cm³/mol. The summed E-state index contributed by atoms with van der Waals surface area (Å²) in [6.07, 6.45) is 0. The van der Waals surface area contributed by atoms with Crippen LogP contribution in [0.25, 0.3) is 21.7 Å². The summed E-state index contributed by atoms with van der Waals surface area (Å²) in [7, 11) is 4.54. The lowest BCUT2D eigenvalue weighted by molar-refractivity contribution is 0.102. The summed E-state index contributed by atoms with van der Waals surface area (Å²) in [5, 5.41) is 10.7. The van der Waals surface area contributed by atoms with Gasteiger partial charge in [-0.15, -0.1) is 16.4 Å². The van der Waals surface area contributed by atoms with E-state index in [9.17, 15) is 4.79 Å². The Bertz CT molecular complexity index is 1130. The molecule has 9 nitrogen and oxygen atoms in total. The first kappa shape index (κ1) is 18.7. The Labute approximate surface area is 169 Å². The molecule has 29 heavy (non-hydrogen) atoms. The van der Waals surface area contributed by atoms with Crippen molar-refractivity contribution in [3.63, 3.8) is 0 Å². The predicted octanol–water partition coefficient (Wildman–Crippen LogP) is 3.62. The van der Waals surface area contributed by atoms with Crippen molar-refractivity contribution in [2.75, 3.05) is 26.6 Å². The number of aromatic nitrogens is 3. The molecule has 10 heteroatoms. The molecule has 0 unspecified atom stereocenters. The Morgan fingerprint density at radius 2 is 1.76 bits per heavy atom. The van der Waals surface area contributed by atoms with E-state index in [4.69, 9.17) is 18.6 Å². The van der Waals surface area contributed by atoms with Crippen LogP contribution >= 0.6 is 11.3 Å². The van der Waals surface area contributed by atoms with E-state index >= 15 is 0 Å². The zero-order chi connectivity index (χ0) is 20.4. The van der Waals surface area contributed by atoms with E-state index in [1.807, 2.05) is 24.3 Å². The third-order valence-electron chi connectivity index (χ3n) is 4.05. The fourth-order valence-corrected chi connectivity index (χ4v) is 3.58. The minimum absolute atomic E-state index is 0.0435. The Hall–Kier alpha value is -3.66. The van der Waals surface area contributed by atoms with Crippen LogP contribution in [0.1, 0.15) is 9.80 Å². The van der Waals surface area contributed by atoms with E-state index in [0.29, 0.717) is 27.8 Å². The highest BCUT2D eigenvalue weighted by Gasteiger charge is 2.19. The van der Waals surface area contributed by atoms with Crippen LogP contribution in [0.5, 0.6) is 17.2 Å². The van der Waals surface area contributed by atoms with Gasteiger partial charge < -0.3 is 18.6 Å². The number of rotatable bonds is 6. The number of nitrogens with zero attached hydrogens (tertiary/aromatic N) is 3. The van der Waals surface area contributed by atoms with E-state index < -0.39 is 5.91 Å². The van der Waals surface area contributed by atoms with E-state index in [1.165, 1.54) is 32.7 Å². The summed E-state index contributed by atoms with van der Waals surface area (Å²) >= 11 is 1.28. The van der Waals surface area contributed by atoms with Gasteiger partial charge in [0.05, 0.1) is 31.5 Å². The molecule has 2 heterocycles. The summed E-state index contributed by atoms with van der Waals surface area (Å²) in [6.45, 7) is 0. The molecule has 0 aliphatic heterocycles. The van der Waals surface area contributed by atoms with Crippen molar-refractivity contribution >= 4 is 33.5 Å². The van der Waals surface area contributed by atoms with E-state index in [2.05, 4.69) is 20.5 Å². The summed E-state index contributed by atoms with van der Waals surface area (Å²) in [6, 6.07) is 10.8. The Morgan fingerprint density at radius 1 is 1.03 bits per heavy atom. The van der Waals surface area contributed by atoms with Crippen molar-refractivity contribution in [3.05, 3.63) is 41.4 Å². The molecule has 0 saturated heterocycles. The first-order valence-electron chi connectivity index (χ1n) is 8.43. The number of anilines is 1. The second-order valence-electron chi connectivity index (χ2n) is 5.77. The number of ether oxygens (including phenoxy) is 3. The van der Waals surface area contributed by atoms with E-state index in [-0.39, 0.29) is 11.9 Å². The zero-order valence-electron chi connectivity index (χ0n) is 15.8. The van der Waals surface area contributed by atoms with Gasteiger partial charge in [0.2, 0.25) is 11.6 Å². The topological polar surface area (TPSA) is 109 Å². The molecule has 0 spiro atoms. The molecule has 0 fully saturated rings. The highest BCUT2D eigenvalue weighted by molar-refractivity contribution is 7.20. The molecule has 2 aromatic carbocycles. The molecule has 1 N–H and O–H groups in total. The smallest absolute Gasteiger partial charge is 0.322 e. The van der Waals surface area contributed by atoms with Gasteiger partial charge in [-0.1, -0.05) is 17.2 Å². The minimum Gasteiger partial charge on any atom is -0.493 e. The minimum atomic E-state index is -0.425. The number of amides is 1. The molecule has 1 amide bonds. The number of nitrogens with one attached hydrogen (secondary N) is 1. The number of thiazole rings is 1. The number of hydrogen-bond donors (Lipinski definition) is 1. The average molecular weight is 412 g/mol. The molecule has 0 bridgehead atoms. The standard InChI is InChI=1S/C19H16N4O5S/c1-25-12-8-10(9-13(26-2)15(12)27-3)17-22-23-19(28-17)21-16(24)18-20-11-6-4-5-7-14(11)29-18/h4-9H,1-3H3,(H,21,23,24). The number of para-hydroxylation sites is 1. The maximum atomic E-state index is 12.5. The fraction of sp³-hybridized carbons (Fsp3) is 0.158. The maximum Gasteiger partial charge on any atom is 0.322 e. The van der Waals surface area contributed by atoms with Crippen molar-refractivity contribution < 1.29 is 23.4 Å². The molecule has 148 valence electrons. The lowest BCUT2D eigenvalue weighted by Gasteiger charge is -2.12. The third-order valence-corrected chi connectivity index (χ3v) is 5.08. The number of methoxy groups -OCH3 is 3. The second kappa shape index (κ2) is 7.76. The van der Waals surface area contributed by atoms with Gasteiger partial charge in [0.15, 0.2) is 16.5 Å². The molecule has 4 aromatic rings. The third kappa shape index (κ3) is 3.57. The van der Waals surface area contributed by atoms with Crippen LogP contribution in [-0.4, -0.2) is 42.4 Å². The number of hydrogen-bond acceptors (Lipinski definition) is 9. The van der Waals surface area contributed by atoms with Crippen LogP contribution in [0.3, 0.4) is 0 Å². The van der Waals surface area contributed by atoms with E-state index in [1.54, 1.807) is 12.1 Å². The molecule has 4 rings (SSSR count). The van der Waals surface area contributed by atoms with Gasteiger partial charge in [0.1, 0.15) is 0 Å². The number of fused-ring (bicyclic) bond motifs is 1. The van der Waals surface area contributed by atoms with Gasteiger partial charge >= 0.3 is 6.01 Å². The van der Waals surface area contributed by atoms with Crippen LogP contribution in [0, 0.1) is 0 Å². The Balaban J connectivity index is 1.59. The molecule has 0 saturated carbocycles. The second-order valence-corrected chi connectivity index (χ2v) is 6.80. The summed E-state index contributed by atoms with van der Waals surface area (Å²) in [4.78, 5) is 16.8. The van der Waals surface area contributed by atoms with Gasteiger partial charge in [-0.3, -0.25) is 10.1 Å². The number of carbonyl (C=O) groups is 1. The molecular formula is C19H16N4O5S. The van der Waals surface area contributed by atoms with Crippen LogP contribution in [0.4, 0.5) is 6.01 Å². The van der Waals surface area contributed by atoms with Gasteiger partial charge in [-0.05, 0) is 24.3 Å². The largest absolute Gasteiger partial charge is 0.493 e. The van der Waals surface area contributed by atoms with Gasteiger partial charge in [0, 0.05) is 5.56 Å². The molecule has 0 aliphatic carbocycles. The number of benzene rings is 2. The van der Waals surface area contributed by atoms with Gasteiger partial charge in [-0.2, -0.15) is 0 Å². The van der Waals surface area contributed by atoms with Crippen molar-refractivity contribution in [1.82, 2.24) is 15.2 Å². The molecular weight excluding hydrogens is 396 g/mol. The van der Waals surface area contributed by atoms with Crippen LogP contribution in [0.2, 0.25) is 0 Å². The summed E-state index contributed by atoms with van der Waals surface area (Å²) < 4.78 is 22.5. The lowest BCUT2D eigenvalue weighted by atomic mass is 10.2. The van der Waals surface area contributed by atoms with Crippen molar-refractivity contribution in [3.8, 4) is 28.7 Å². The normalized spacial score (nSPS) is 10.7. The van der Waals surface area contributed by atoms with Gasteiger partial charge in [0.25, 0.3) is 5.91 Å². The summed E-state index contributed by atoms with van der Waals surface area (Å²) in [5.41, 5.74) is 1.30. The molecule has 2 aromatic heterocycles. The monoisotopic (exact) mass is 412 g/mol. The Morgan fingerprint density at radius 3 is 2.41 bits per heavy atom. The van der Waals surface area contributed by atoms with Gasteiger partial charge in [-0.25, -0.2) is 4.98 Å². The SMILES string of the molecule is COc1cc(-c2nnc(NC(=O)c3nc4ccccc4s3)o2)cc(OC)c1OC. The highest BCUT2D eigenvalue weighted by Crippen LogP contribution is 2.41. The molecule has 0 aliphatic rings. The van der Waals surface area contributed by atoms with Crippen LogP contribution in [-0.2, 0) is 0 Å². The lowest BCUT2D eigenvalue weighted by Crippen LogP contribution is -2.11. The van der Waals surface area contributed by atoms with Crippen molar-refractivity contribution in [1.29, 1.82) is 0 Å². The molecule has 0 atom stereocenters. The number of carbonyl (C=O) groups excluding carboxylic acids is 1. The van der Waals surface area contributed by atoms with Crippen LogP contribution in [0.15, 0.2) is 40.8 Å². The van der Waals surface area contributed by atoms with E-state index in [0.717, 1.165) is 10.2 Å². The quantitative estimate of drug-likeness (QED) is 0.511. The van der Waals surface area contributed by atoms with Crippen LogP contribution < -0.4 is 19.5 Å². The first-order valence-corrected chi connectivity index (χ1v) is 9.25. The maximum absolute atomic E-state index is 12.5. The highest BCUT2D eigenvalue weighted by atomic mass is 32.1. The zero-order valence-corrected chi connectivity index (χ0v) is 16.6.